The van der Waals surface area contributed by atoms with Gasteiger partial charge >= 0.3 is 0 Å². The van der Waals surface area contributed by atoms with Crippen LogP contribution in [0, 0.1) is 5.92 Å². The van der Waals surface area contributed by atoms with Crippen LogP contribution in [0.4, 0.5) is 5.82 Å². The van der Waals surface area contributed by atoms with Crippen LogP contribution in [-0.4, -0.2) is 30.8 Å². The van der Waals surface area contributed by atoms with Gasteiger partial charge in [-0.05, 0) is 44.7 Å². The first-order valence-corrected chi connectivity index (χ1v) is 6.69. The number of hydrogen-bond acceptors (Lipinski definition) is 4. The summed E-state index contributed by atoms with van der Waals surface area (Å²) >= 11 is 0. The second-order valence-corrected chi connectivity index (χ2v) is 4.95. The lowest BCUT2D eigenvalue weighted by Gasteiger charge is -2.23. The fourth-order valence-corrected chi connectivity index (χ4v) is 2.06. The molecule has 1 N–H and O–H groups in total. The largest absolute Gasteiger partial charge is 0.487 e. The van der Waals surface area contributed by atoms with Crippen molar-refractivity contribution in [2.75, 3.05) is 25.1 Å². The van der Waals surface area contributed by atoms with E-state index in [1.54, 1.807) is 6.20 Å². The molecule has 4 nitrogen and oxygen atoms in total. The Labute approximate surface area is 109 Å². The van der Waals surface area contributed by atoms with Gasteiger partial charge in [0.15, 0.2) is 11.6 Å². The molecule has 1 aromatic rings. The van der Waals surface area contributed by atoms with Gasteiger partial charge in [-0.3, -0.25) is 0 Å². The topological polar surface area (TPSA) is 43.4 Å². The van der Waals surface area contributed by atoms with Crippen molar-refractivity contribution in [2.45, 2.75) is 32.8 Å². The number of pyridine rings is 1. The van der Waals surface area contributed by atoms with E-state index in [1.165, 1.54) is 0 Å². The molecule has 1 aliphatic rings. The van der Waals surface area contributed by atoms with E-state index in [-0.39, 0.29) is 6.10 Å². The van der Waals surface area contributed by atoms with E-state index in [0.717, 1.165) is 44.2 Å². The Morgan fingerprint density at radius 3 is 2.94 bits per heavy atom. The maximum Gasteiger partial charge on any atom is 0.168 e. The molecule has 2 heterocycles. The summed E-state index contributed by atoms with van der Waals surface area (Å²) in [5, 5.41) is 3.40. The van der Waals surface area contributed by atoms with Crippen molar-refractivity contribution in [3.05, 3.63) is 18.3 Å². The van der Waals surface area contributed by atoms with E-state index >= 15 is 0 Å². The second-order valence-electron chi connectivity index (χ2n) is 4.95. The van der Waals surface area contributed by atoms with Gasteiger partial charge in [-0.15, -0.1) is 0 Å². The minimum absolute atomic E-state index is 0.165. The Kier molecular flexibility index (Phi) is 4.81. The number of rotatable bonds is 5. The molecule has 0 unspecified atom stereocenters. The van der Waals surface area contributed by atoms with Gasteiger partial charge < -0.3 is 14.8 Å². The van der Waals surface area contributed by atoms with Crippen LogP contribution < -0.4 is 10.1 Å². The molecule has 2 rings (SSSR count). The molecular weight excluding hydrogens is 228 g/mol. The third-order valence-corrected chi connectivity index (χ3v) is 3.03. The highest BCUT2D eigenvalue weighted by Gasteiger charge is 2.14. The summed E-state index contributed by atoms with van der Waals surface area (Å²) in [5.74, 6) is 2.35. The van der Waals surface area contributed by atoms with Crippen LogP contribution in [0.5, 0.6) is 5.75 Å². The van der Waals surface area contributed by atoms with Crippen LogP contribution in [0.25, 0.3) is 0 Å². The highest BCUT2D eigenvalue weighted by molar-refractivity contribution is 5.49. The molecule has 0 amide bonds. The van der Waals surface area contributed by atoms with E-state index in [4.69, 9.17) is 9.47 Å². The maximum absolute atomic E-state index is 5.74. The van der Waals surface area contributed by atoms with Gasteiger partial charge in [-0.25, -0.2) is 4.98 Å². The fourth-order valence-electron chi connectivity index (χ4n) is 2.06. The zero-order chi connectivity index (χ0) is 12.8. The summed E-state index contributed by atoms with van der Waals surface area (Å²) in [6, 6.07) is 3.86. The Bertz CT molecular complexity index is 363. The number of nitrogens with one attached hydrogen (secondary N) is 1. The van der Waals surface area contributed by atoms with Crippen molar-refractivity contribution < 1.29 is 9.47 Å². The van der Waals surface area contributed by atoms with Crippen molar-refractivity contribution in [1.29, 1.82) is 0 Å². The standard InChI is InChI=1S/C14H22N2O2/c1-11(2)18-13-4-3-7-15-14(13)16-10-12-5-8-17-9-6-12/h3-4,7,11-12H,5-6,8-10H2,1-2H3,(H,15,16). The zero-order valence-electron chi connectivity index (χ0n) is 11.2. The van der Waals surface area contributed by atoms with Crippen molar-refractivity contribution in [3.8, 4) is 5.75 Å². The summed E-state index contributed by atoms with van der Waals surface area (Å²) < 4.78 is 11.1. The normalized spacial score (nSPS) is 16.8. The van der Waals surface area contributed by atoms with Crippen molar-refractivity contribution in [1.82, 2.24) is 4.98 Å². The molecule has 1 fully saturated rings. The van der Waals surface area contributed by atoms with Crippen LogP contribution in [0.1, 0.15) is 26.7 Å². The Hall–Kier alpha value is -1.29. The third kappa shape index (κ3) is 3.88. The SMILES string of the molecule is CC(C)Oc1cccnc1NCC1CCOCC1. The highest BCUT2D eigenvalue weighted by Crippen LogP contribution is 2.23. The number of hydrogen-bond donors (Lipinski definition) is 1. The first-order valence-electron chi connectivity index (χ1n) is 6.69. The number of anilines is 1. The van der Waals surface area contributed by atoms with Crippen LogP contribution in [0.2, 0.25) is 0 Å². The van der Waals surface area contributed by atoms with Crippen LogP contribution in [-0.2, 0) is 4.74 Å². The molecule has 0 aliphatic carbocycles. The van der Waals surface area contributed by atoms with Gasteiger partial charge in [-0.1, -0.05) is 0 Å². The molecule has 0 radical (unpaired) electrons. The van der Waals surface area contributed by atoms with Crippen molar-refractivity contribution in [3.63, 3.8) is 0 Å². The first-order chi connectivity index (χ1) is 8.75. The molecular formula is C14H22N2O2. The molecule has 0 aromatic carbocycles. The number of nitrogens with zero attached hydrogens (tertiary/aromatic N) is 1. The van der Waals surface area contributed by atoms with E-state index in [0.29, 0.717) is 5.92 Å². The average molecular weight is 250 g/mol. The number of ether oxygens (including phenoxy) is 2. The maximum atomic E-state index is 5.74. The quantitative estimate of drug-likeness (QED) is 0.872. The fraction of sp³-hybridized carbons (Fsp3) is 0.643. The van der Waals surface area contributed by atoms with Gasteiger partial charge in [0, 0.05) is 26.0 Å². The van der Waals surface area contributed by atoms with Crippen LogP contribution in [0.15, 0.2) is 18.3 Å². The van der Waals surface area contributed by atoms with Gasteiger partial charge in [-0.2, -0.15) is 0 Å². The van der Waals surface area contributed by atoms with Crippen molar-refractivity contribution >= 4 is 5.82 Å². The molecule has 0 spiro atoms. The van der Waals surface area contributed by atoms with Crippen molar-refractivity contribution in [2.24, 2.45) is 5.92 Å². The predicted octanol–water partition coefficient (Wildman–Crippen LogP) is 2.71. The molecule has 0 atom stereocenters. The van der Waals surface area contributed by atoms with Crippen LogP contribution >= 0.6 is 0 Å². The smallest absolute Gasteiger partial charge is 0.168 e. The van der Waals surface area contributed by atoms with E-state index in [1.807, 2.05) is 26.0 Å². The summed E-state index contributed by atoms with van der Waals surface area (Å²) in [6.45, 7) is 6.74. The molecule has 1 aromatic heterocycles. The summed E-state index contributed by atoms with van der Waals surface area (Å²) in [7, 11) is 0. The third-order valence-electron chi connectivity index (χ3n) is 3.03. The minimum atomic E-state index is 0.165. The number of aromatic nitrogens is 1. The lowest BCUT2D eigenvalue weighted by atomic mass is 10.0. The summed E-state index contributed by atoms with van der Waals surface area (Å²) in [4.78, 5) is 4.35. The zero-order valence-corrected chi connectivity index (χ0v) is 11.2. The van der Waals surface area contributed by atoms with E-state index < -0.39 is 0 Å². The minimum Gasteiger partial charge on any atom is -0.487 e. The van der Waals surface area contributed by atoms with Gasteiger partial charge in [0.1, 0.15) is 0 Å². The molecule has 0 bridgehead atoms. The highest BCUT2D eigenvalue weighted by atomic mass is 16.5. The van der Waals surface area contributed by atoms with E-state index in [9.17, 15) is 0 Å². The molecule has 4 heteroatoms. The summed E-state index contributed by atoms with van der Waals surface area (Å²) in [6.07, 6.45) is 4.21. The Balaban J connectivity index is 1.91. The van der Waals surface area contributed by atoms with Crippen LogP contribution in [0.3, 0.4) is 0 Å². The average Bonchev–Trinajstić information content (AvgIpc) is 2.38. The van der Waals surface area contributed by atoms with Gasteiger partial charge in [0.05, 0.1) is 6.10 Å². The lowest BCUT2D eigenvalue weighted by Crippen LogP contribution is -2.23. The molecule has 18 heavy (non-hydrogen) atoms. The van der Waals surface area contributed by atoms with Gasteiger partial charge in [0.25, 0.3) is 0 Å². The van der Waals surface area contributed by atoms with E-state index in [2.05, 4.69) is 10.3 Å². The Morgan fingerprint density at radius 2 is 2.22 bits per heavy atom. The van der Waals surface area contributed by atoms with Gasteiger partial charge in [0.2, 0.25) is 0 Å². The second kappa shape index (κ2) is 6.59. The molecule has 1 aliphatic heterocycles. The molecule has 1 saturated heterocycles. The Morgan fingerprint density at radius 1 is 1.44 bits per heavy atom. The predicted molar refractivity (Wildman–Crippen MR) is 72.0 cm³/mol. The molecule has 0 saturated carbocycles. The first kappa shape index (κ1) is 13.1. The monoisotopic (exact) mass is 250 g/mol. The molecule has 100 valence electrons. The lowest BCUT2D eigenvalue weighted by molar-refractivity contribution is 0.0699. The summed E-state index contributed by atoms with van der Waals surface area (Å²) in [5.41, 5.74) is 0.